The van der Waals surface area contributed by atoms with Gasteiger partial charge >= 0.3 is 0 Å². The van der Waals surface area contributed by atoms with E-state index in [1.165, 1.54) is 0 Å². The van der Waals surface area contributed by atoms with Crippen molar-refractivity contribution in [3.63, 3.8) is 0 Å². The van der Waals surface area contributed by atoms with Crippen molar-refractivity contribution in [3.8, 4) is 0 Å². The van der Waals surface area contributed by atoms with Crippen molar-refractivity contribution in [2.24, 2.45) is 43.6 Å². The molecular formula is C32H48N6O4. The highest BCUT2D eigenvalue weighted by Gasteiger charge is 2.35. The molecular weight excluding hydrogens is 532 g/mol. The summed E-state index contributed by atoms with van der Waals surface area (Å²) < 4.78 is 24.3. The minimum atomic E-state index is 0.130. The highest BCUT2D eigenvalue weighted by molar-refractivity contribution is 5.95. The van der Waals surface area contributed by atoms with Crippen LogP contribution in [0.3, 0.4) is 0 Å². The monoisotopic (exact) mass is 580 g/mol. The molecule has 1 aromatic rings. The van der Waals surface area contributed by atoms with E-state index in [-0.39, 0.29) is 24.2 Å². The molecule has 0 aliphatic carbocycles. The van der Waals surface area contributed by atoms with Crippen molar-refractivity contribution >= 4 is 24.1 Å². The maximum absolute atomic E-state index is 6.06. The van der Waals surface area contributed by atoms with Crippen molar-refractivity contribution in [3.05, 3.63) is 35.4 Å². The third kappa shape index (κ3) is 6.84. The molecule has 230 valence electrons. The smallest absolute Gasteiger partial charge is 0.296 e. The van der Waals surface area contributed by atoms with Crippen LogP contribution in [0, 0.1) is 23.7 Å². The van der Waals surface area contributed by atoms with Crippen LogP contribution in [0.1, 0.15) is 66.5 Å². The summed E-state index contributed by atoms with van der Waals surface area (Å²) in [6.45, 7) is 20.7. The summed E-state index contributed by atoms with van der Waals surface area (Å²) >= 11 is 0. The summed E-state index contributed by atoms with van der Waals surface area (Å²) in [6, 6.07) is 11.4. The van der Waals surface area contributed by atoms with Crippen molar-refractivity contribution < 1.29 is 18.9 Å². The number of rotatable bonds is 8. The maximum Gasteiger partial charge on any atom is 0.296 e. The van der Waals surface area contributed by atoms with Crippen LogP contribution in [0.25, 0.3) is 0 Å². The molecule has 0 N–H and O–H groups in total. The second kappa shape index (κ2) is 12.9. The summed E-state index contributed by atoms with van der Waals surface area (Å²) in [5.41, 5.74) is 2.21. The van der Waals surface area contributed by atoms with Crippen LogP contribution < -0.4 is 0 Å². The minimum absolute atomic E-state index is 0.130. The van der Waals surface area contributed by atoms with E-state index < -0.39 is 0 Å². The van der Waals surface area contributed by atoms with E-state index in [0.29, 0.717) is 87.3 Å². The highest BCUT2D eigenvalue weighted by Crippen LogP contribution is 2.24. The third-order valence-electron chi connectivity index (χ3n) is 8.34. The SMILES string of the molecule is CC(C)[C@H]1COC(N(Cc2ccc(CN(C3=N[C@@H](C(C)C)CO3)C3=N[C@@H](C(C)C)CO3)cc2)C2=N[C@@H](C(C)C)CO2)=N1. The molecule has 0 saturated heterocycles. The van der Waals surface area contributed by atoms with E-state index in [1.807, 2.05) is 9.80 Å². The van der Waals surface area contributed by atoms with E-state index in [4.69, 9.17) is 38.9 Å². The Kier molecular flexibility index (Phi) is 9.28. The fourth-order valence-electron chi connectivity index (χ4n) is 5.01. The Morgan fingerprint density at radius 3 is 0.929 bits per heavy atom. The van der Waals surface area contributed by atoms with Gasteiger partial charge in [0.25, 0.3) is 24.1 Å². The zero-order valence-corrected chi connectivity index (χ0v) is 26.5. The molecule has 0 spiro atoms. The molecule has 0 bridgehead atoms. The lowest BCUT2D eigenvalue weighted by atomic mass is 10.1. The lowest BCUT2D eigenvalue weighted by Gasteiger charge is -2.23. The molecule has 0 radical (unpaired) electrons. The molecule has 4 atom stereocenters. The maximum atomic E-state index is 6.06. The molecule has 0 aromatic heterocycles. The van der Waals surface area contributed by atoms with Crippen molar-refractivity contribution in [2.45, 2.75) is 92.6 Å². The van der Waals surface area contributed by atoms with E-state index in [1.54, 1.807) is 0 Å². The van der Waals surface area contributed by atoms with Crippen LogP contribution in [-0.4, -0.2) is 84.5 Å². The Morgan fingerprint density at radius 1 is 0.500 bits per heavy atom. The Morgan fingerprint density at radius 2 is 0.738 bits per heavy atom. The lowest BCUT2D eigenvalue weighted by molar-refractivity contribution is 0.230. The second-order valence-electron chi connectivity index (χ2n) is 13.1. The second-order valence-corrected chi connectivity index (χ2v) is 13.1. The highest BCUT2D eigenvalue weighted by atomic mass is 16.5. The van der Waals surface area contributed by atoms with Crippen molar-refractivity contribution in [2.75, 3.05) is 26.4 Å². The fraction of sp³-hybridized carbons (Fsp3) is 0.688. The van der Waals surface area contributed by atoms with E-state index in [2.05, 4.69) is 79.7 Å². The van der Waals surface area contributed by atoms with E-state index in [0.717, 1.165) is 11.1 Å². The van der Waals surface area contributed by atoms with Gasteiger partial charge in [0.2, 0.25) is 0 Å². The molecule has 10 nitrogen and oxygen atoms in total. The third-order valence-corrected chi connectivity index (χ3v) is 8.34. The lowest BCUT2D eigenvalue weighted by Crippen LogP contribution is -2.37. The van der Waals surface area contributed by atoms with Gasteiger partial charge in [-0.1, -0.05) is 79.7 Å². The number of nitrogens with zero attached hydrogens (tertiary/aromatic N) is 6. The van der Waals surface area contributed by atoms with Gasteiger partial charge in [0.1, 0.15) is 26.4 Å². The van der Waals surface area contributed by atoms with E-state index >= 15 is 0 Å². The van der Waals surface area contributed by atoms with E-state index in [9.17, 15) is 0 Å². The number of amidine groups is 4. The summed E-state index contributed by atoms with van der Waals surface area (Å²) in [5, 5.41) is 0. The molecule has 0 fully saturated rings. The van der Waals surface area contributed by atoms with Gasteiger partial charge in [-0.05, 0) is 34.8 Å². The fourth-order valence-corrected chi connectivity index (χ4v) is 5.01. The number of ether oxygens (including phenoxy) is 4. The summed E-state index contributed by atoms with van der Waals surface area (Å²) in [6.07, 6.45) is 0. The molecule has 0 saturated carbocycles. The minimum Gasteiger partial charge on any atom is -0.463 e. The quantitative estimate of drug-likeness (QED) is 0.433. The molecule has 1 aromatic carbocycles. The topological polar surface area (TPSA) is 92.8 Å². The van der Waals surface area contributed by atoms with Gasteiger partial charge in [0.15, 0.2) is 0 Å². The number of benzene rings is 1. The van der Waals surface area contributed by atoms with Gasteiger partial charge in [-0.3, -0.25) is 0 Å². The first-order chi connectivity index (χ1) is 20.1. The predicted molar refractivity (Wildman–Crippen MR) is 166 cm³/mol. The predicted octanol–water partition coefficient (Wildman–Crippen LogP) is 4.93. The van der Waals surface area contributed by atoms with Crippen molar-refractivity contribution in [1.29, 1.82) is 0 Å². The summed E-state index contributed by atoms with van der Waals surface area (Å²) in [7, 11) is 0. The van der Waals surface area contributed by atoms with Crippen LogP contribution in [0.2, 0.25) is 0 Å². The molecule has 4 heterocycles. The standard InChI is InChI=1S/C32H48N6O4/c1-19(2)25-15-39-29(33-25)37(30-34-26(16-40-30)20(3)4)13-23-9-11-24(12-10-23)14-38(31-35-27(17-41-31)21(5)6)32-36-28(18-42-32)22(7)8/h9-12,19-22,25-28H,13-18H2,1-8H3/t25-,26-,27-,28-/m1/s1. The van der Waals surface area contributed by atoms with Crippen LogP contribution in [-0.2, 0) is 32.0 Å². The van der Waals surface area contributed by atoms with Crippen molar-refractivity contribution in [1.82, 2.24) is 9.80 Å². The number of hydrogen-bond donors (Lipinski definition) is 0. The largest absolute Gasteiger partial charge is 0.463 e. The molecule has 42 heavy (non-hydrogen) atoms. The Bertz CT molecular complexity index is 1040. The first-order valence-electron chi connectivity index (χ1n) is 15.5. The molecule has 4 aliphatic heterocycles. The number of aliphatic imine (C=N–C) groups is 4. The van der Waals surface area contributed by atoms with Crippen LogP contribution in [0.15, 0.2) is 44.2 Å². The van der Waals surface area contributed by atoms with Gasteiger partial charge in [-0.25, -0.2) is 29.8 Å². The van der Waals surface area contributed by atoms with Gasteiger partial charge in [-0.15, -0.1) is 0 Å². The molecule has 0 amide bonds. The normalized spacial score (nSPS) is 25.2. The zero-order valence-electron chi connectivity index (χ0n) is 26.5. The number of hydrogen-bond acceptors (Lipinski definition) is 10. The molecule has 5 rings (SSSR count). The average Bonchev–Trinajstić information content (AvgIpc) is 3.77. The van der Waals surface area contributed by atoms with Crippen LogP contribution in [0.4, 0.5) is 0 Å². The van der Waals surface area contributed by atoms with Gasteiger partial charge in [0, 0.05) is 0 Å². The van der Waals surface area contributed by atoms with Gasteiger partial charge < -0.3 is 18.9 Å². The summed E-state index contributed by atoms with van der Waals surface area (Å²) in [5.74, 6) is 1.59. The first-order valence-corrected chi connectivity index (χ1v) is 15.5. The molecule has 4 aliphatic rings. The Hall–Kier alpha value is -3.30. The first kappa shape index (κ1) is 30.2. The summed E-state index contributed by atoms with van der Waals surface area (Å²) in [4.78, 5) is 23.5. The van der Waals surface area contributed by atoms with Crippen LogP contribution >= 0.6 is 0 Å². The van der Waals surface area contributed by atoms with Gasteiger partial charge in [-0.2, -0.15) is 0 Å². The Balaban J connectivity index is 1.35. The molecule has 0 unspecified atom stereocenters. The average molecular weight is 581 g/mol. The Labute approximate surface area is 250 Å². The van der Waals surface area contributed by atoms with Crippen LogP contribution in [0.5, 0.6) is 0 Å². The zero-order chi connectivity index (χ0) is 30.0. The molecule has 10 heteroatoms. The van der Waals surface area contributed by atoms with Gasteiger partial charge in [0.05, 0.1) is 37.3 Å².